The van der Waals surface area contributed by atoms with Gasteiger partial charge in [0.25, 0.3) is 0 Å². The van der Waals surface area contributed by atoms with Crippen LogP contribution >= 0.6 is 0 Å². The van der Waals surface area contributed by atoms with Crippen LogP contribution in [0.25, 0.3) is 0 Å². The Balaban J connectivity index is 2.30. The Morgan fingerprint density at radius 3 is 1.28 bits per heavy atom. The highest BCUT2D eigenvalue weighted by atomic mass is 16.6. The molecule has 1 unspecified atom stereocenters. The number of rotatable bonds is 32. The third kappa shape index (κ3) is 21.7. The van der Waals surface area contributed by atoms with Gasteiger partial charge in [-0.3, -0.25) is 4.90 Å². The predicted octanol–water partition coefficient (Wildman–Crippen LogP) is 8.76. The Bertz CT molecular complexity index is 696. The minimum absolute atomic E-state index is 0.335. The predicted molar refractivity (Wildman–Crippen MR) is 194 cm³/mol. The maximum Gasteiger partial charge on any atom is 0.319 e. The second-order valence-corrected chi connectivity index (χ2v) is 14.3. The van der Waals surface area contributed by atoms with Crippen molar-refractivity contribution in [3.8, 4) is 0 Å². The number of urea groups is 1. The molecular weight excluding hydrogens is 592 g/mol. The number of carbonyl (C=O) groups is 1. The van der Waals surface area contributed by atoms with Crippen LogP contribution in [0.5, 0.6) is 0 Å². The van der Waals surface area contributed by atoms with Gasteiger partial charge in [-0.1, -0.05) is 181 Å². The van der Waals surface area contributed by atoms with Crippen molar-refractivity contribution in [3.63, 3.8) is 0 Å². The first-order valence-electron chi connectivity index (χ1n) is 20.3. The summed E-state index contributed by atoms with van der Waals surface area (Å²) in [5, 5.41) is 44.0. The van der Waals surface area contributed by atoms with Gasteiger partial charge in [-0.2, -0.15) is 0 Å². The van der Waals surface area contributed by atoms with Gasteiger partial charge in [-0.05, 0) is 12.8 Å². The van der Waals surface area contributed by atoms with E-state index in [4.69, 9.17) is 4.74 Å². The van der Waals surface area contributed by atoms with Crippen LogP contribution in [0, 0.1) is 0 Å². The van der Waals surface area contributed by atoms with Gasteiger partial charge in [0.05, 0.1) is 6.61 Å². The Kier molecular flexibility index (Phi) is 29.2. The van der Waals surface area contributed by atoms with Gasteiger partial charge < -0.3 is 30.5 Å². The molecule has 0 saturated carbocycles. The van der Waals surface area contributed by atoms with Crippen molar-refractivity contribution < 1.29 is 30.0 Å². The summed E-state index contributed by atoms with van der Waals surface area (Å²) < 4.78 is 5.77. The number of hydrogen-bond acceptors (Lipinski definition) is 6. The fourth-order valence-electron chi connectivity index (χ4n) is 6.78. The molecule has 8 heteroatoms. The van der Waals surface area contributed by atoms with E-state index in [0.717, 1.165) is 32.1 Å². The average molecular weight is 671 g/mol. The molecule has 1 aliphatic rings. The molecule has 1 saturated heterocycles. The molecule has 1 heterocycles. The number of nitrogens with one attached hydrogen (secondary N) is 1. The highest BCUT2D eigenvalue weighted by molar-refractivity contribution is 5.74. The van der Waals surface area contributed by atoms with E-state index in [2.05, 4.69) is 19.2 Å². The standard InChI is InChI=1S/C39H78N2O6/c1-3-5-7-9-11-13-15-17-18-19-20-22-24-26-28-30-32-41(38-37(45)36(44)35(43)34(33-42)47-38)39(46)40-31-29-27-25-23-21-16-14-12-10-8-6-4-2/h34-38,42-45H,3-33H2,1-2H3,(H,40,46)/t34-,35-,36+,37-,38?/m1/s1. The Labute approximate surface area is 289 Å². The third-order valence-electron chi connectivity index (χ3n) is 9.99. The summed E-state index contributed by atoms with van der Waals surface area (Å²) in [4.78, 5) is 14.7. The van der Waals surface area contributed by atoms with E-state index in [1.165, 1.54) is 153 Å². The molecule has 0 aromatic heterocycles. The van der Waals surface area contributed by atoms with Gasteiger partial charge in [0.1, 0.15) is 24.4 Å². The van der Waals surface area contributed by atoms with Crippen LogP contribution < -0.4 is 5.32 Å². The van der Waals surface area contributed by atoms with Gasteiger partial charge in [-0.25, -0.2) is 4.79 Å². The summed E-state index contributed by atoms with van der Waals surface area (Å²) in [7, 11) is 0. The zero-order valence-corrected chi connectivity index (χ0v) is 30.9. The zero-order chi connectivity index (χ0) is 34.4. The van der Waals surface area contributed by atoms with Gasteiger partial charge in [0.15, 0.2) is 6.23 Å². The van der Waals surface area contributed by atoms with Crippen molar-refractivity contribution in [1.82, 2.24) is 10.2 Å². The minimum atomic E-state index is -1.50. The van der Waals surface area contributed by atoms with Crippen LogP contribution in [0.2, 0.25) is 0 Å². The van der Waals surface area contributed by atoms with E-state index in [-0.39, 0.29) is 6.03 Å². The maximum atomic E-state index is 13.3. The van der Waals surface area contributed by atoms with E-state index in [1.54, 1.807) is 0 Å². The lowest BCUT2D eigenvalue weighted by Crippen LogP contribution is -2.65. The molecular formula is C39H78N2O6. The third-order valence-corrected chi connectivity index (χ3v) is 9.99. The number of hydrogen-bond donors (Lipinski definition) is 5. The first kappa shape index (κ1) is 44.1. The van der Waals surface area contributed by atoms with Crippen molar-refractivity contribution in [2.45, 2.75) is 224 Å². The van der Waals surface area contributed by atoms with E-state index in [0.29, 0.717) is 13.1 Å². The number of amides is 2. The van der Waals surface area contributed by atoms with Crippen molar-refractivity contribution >= 4 is 6.03 Å². The molecule has 0 bridgehead atoms. The molecule has 0 radical (unpaired) electrons. The highest BCUT2D eigenvalue weighted by Gasteiger charge is 2.46. The summed E-state index contributed by atoms with van der Waals surface area (Å²) in [6.45, 7) is 4.94. The molecule has 0 aliphatic carbocycles. The topological polar surface area (TPSA) is 122 Å². The van der Waals surface area contributed by atoms with Gasteiger partial charge in [0.2, 0.25) is 0 Å². The van der Waals surface area contributed by atoms with Gasteiger partial charge in [-0.15, -0.1) is 0 Å². The van der Waals surface area contributed by atoms with E-state index in [1.807, 2.05) is 0 Å². The van der Waals surface area contributed by atoms with Crippen LogP contribution in [0.1, 0.15) is 194 Å². The molecule has 2 amide bonds. The normalized spacial score (nSPS) is 21.3. The molecule has 0 aromatic carbocycles. The monoisotopic (exact) mass is 671 g/mol. The average Bonchev–Trinajstić information content (AvgIpc) is 3.07. The number of ether oxygens (including phenoxy) is 1. The Morgan fingerprint density at radius 1 is 0.532 bits per heavy atom. The smallest absolute Gasteiger partial charge is 0.319 e. The molecule has 1 rings (SSSR count). The lowest BCUT2D eigenvalue weighted by atomic mass is 9.97. The van der Waals surface area contributed by atoms with Crippen LogP contribution in [-0.2, 0) is 4.74 Å². The van der Waals surface area contributed by atoms with Gasteiger partial charge >= 0.3 is 6.03 Å². The fraction of sp³-hybridized carbons (Fsp3) is 0.974. The lowest BCUT2D eigenvalue weighted by molar-refractivity contribution is -0.257. The maximum absolute atomic E-state index is 13.3. The zero-order valence-electron chi connectivity index (χ0n) is 30.9. The number of aliphatic hydroxyl groups excluding tert-OH is 4. The largest absolute Gasteiger partial charge is 0.394 e. The highest BCUT2D eigenvalue weighted by Crippen LogP contribution is 2.25. The van der Waals surface area contributed by atoms with Gasteiger partial charge in [0, 0.05) is 13.1 Å². The second kappa shape index (κ2) is 31.1. The van der Waals surface area contributed by atoms with Crippen molar-refractivity contribution in [1.29, 1.82) is 0 Å². The minimum Gasteiger partial charge on any atom is -0.394 e. The number of nitrogens with zero attached hydrogens (tertiary/aromatic N) is 1. The van der Waals surface area contributed by atoms with E-state index >= 15 is 0 Å². The SMILES string of the molecule is CCCCCCCCCCCCCCCCCCN(C(=O)NCCCCCCCCCCCCCC)C1O[C@H](CO)[C@@H](O)[C@H](O)[C@H]1O. The molecule has 8 nitrogen and oxygen atoms in total. The first-order valence-corrected chi connectivity index (χ1v) is 20.3. The molecule has 1 aliphatic heterocycles. The summed E-state index contributed by atoms with van der Waals surface area (Å²) in [6, 6.07) is -0.335. The van der Waals surface area contributed by atoms with Crippen molar-refractivity contribution in [2.75, 3.05) is 19.7 Å². The van der Waals surface area contributed by atoms with Crippen molar-refractivity contribution in [3.05, 3.63) is 0 Å². The quantitative estimate of drug-likeness (QED) is 0.0456. The number of aliphatic hydroxyl groups is 4. The summed E-state index contributed by atoms with van der Waals surface area (Å²) >= 11 is 0. The van der Waals surface area contributed by atoms with Crippen LogP contribution in [0.3, 0.4) is 0 Å². The first-order chi connectivity index (χ1) is 23.0. The van der Waals surface area contributed by atoms with E-state index in [9.17, 15) is 25.2 Å². The van der Waals surface area contributed by atoms with Crippen LogP contribution in [0.4, 0.5) is 4.79 Å². The fourth-order valence-corrected chi connectivity index (χ4v) is 6.78. The molecule has 280 valence electrons. The molecule has 0 aromatic rings. The van der Waals surface area contributed by atoms with E-state index < -0.39 is 37.3 Å². The van der Waals surface area contributed by atoms with Crippen LogP contribution in [-0.4, -0.2) is 81.7 Å². The molecule has 47 heavy (non-hydrogen) atoms. The van der Waals surface area contributed by atoms with Crippen LogP contribution in [0.15, 0.2) is 0 Å². The number of carbonyl (C=O) groups excluding carboxylic acids is 1. The second-order valence-electron chi connectivity index (χ2n) is 14.3. The molecule has 5 N–H and O–H groups in total. The molecule has 0 spiro atoms. The lowest BCUT2D eigenvalue weighted by Gasteiger charge is -2.44. The summed E-state index contributed by atoms with van der Waals surface area (Å²) in [5.74, 6) is 0. The Morgan fingerprint density at radius 2 is 0.894 bits per heavy atom. The summed E-state index contributed by atoms with van der Waals surface area (Å²) in [6.07, 6.45) is 28.7. The number of unbranched alkanes of at least 4 members (excludes halogenated alkanes) is 26. The Hall–Kier alpha value is -0.930. The summed E-state index contributed by atoms with van der Waals surface area (Å²) in [5.41, 5.74) is 0. The van der Waals surface area contributed by atoms with Crippen molar-refractivity contribution in [2.24, 2.45) is 0 Å². The molecule has 1 fully saturated rings. The molecule has 5 atom stereocenters.